The Kier molecular flexibility index (Phi) is 2.74. The fourth-order valence-corrected chi connectivity index (χ4v) is 0.465. The van der Waals surface area contributed by atoms with Gasteiger partial charge in [0.2, 0.25) is 0 Å². The number of esters is 1. The summed E-state index contributed by atoms with van der Waals surface area (Å²) in [6.07, 6.45) is 2.45. The third kappa shape index (κ3) is 2.46. The van der Waals surface area contributed by atoms with Gasteiger partial charge in [-0.3, -0.25) is 4.79 Å². The number of halogens is 1. The van der Waals surface area contributed by atoms with Gasteiger partial charge in [0.1, 0.15) is 18.5 Å². The minimum atomic E-state index is -0.585. The molecule has 1 heterocycles. The largest absolute Gasteiger partial charge is 0.390 e. The van der Waals surface area contributed by atoms with Crippen LogP contribution in [0.3, 0.4) is 0 Å². The molecule has 5 nitrogen and oxygen atoms in total. The van der Waals surface area contributed by atoms with Crippen molar-refractivity contribution in [3.63, 3.8) is 0 Å². The predicted molar refractivity (Wildman–Crippen MR) is 36.2 cm³/mol. The van der Waals surface area contributed by atoms with Crippen LogP contribution in [0.25, 0.3) is 0 Å². The first kappa shape index (κ1) is 7.87. The fourth-order valence-electron chi connectivity index (χ4n) is 0.410. The number of carbonyl (C=O) groups is 1. The zero-order valence-corrected chi connectivity index (χ0v) is 6.15. The Labute approximate surface area is 67.4 Å². The molecule has 0 fully saturated rings. The Morgan fingerprint density at radius 1 is 1.55 bits per heavy atom. The first-order chi connectivity index (χ1) is 5.33. The van der Waals surface area contributed by atoms with Crippen molar-refractivity contribution in [2.24, 2.45) is 0 Å². The van der Waals surface area contributed by atoms with E-state index in [4.69, 9.17) is 11.6 Å². The van der Waals surface area contributed by atoms with E-state index in [1.807, 2.05) is 0 Å². The lowest BCUT2D eigenvalue weighted by atomic mass is 10.8. The van der Waals surface area contributed by atoms with Crippen molar-refractivity contribution >= 4 is 17.6 Å². The van der Waals surface area contributed by atoms with Crippen molar-refractivity contribution in [2.45, 2.75) is 0 Å². The lowest BCUT2D eigenvalue weighted by molar-refractivity contribution is -0.132. The molecule has 0 amide bonds. The van der Waals surface area contributed by atoms with Crippen LogP contribution in [-0.4, -0.2) is 26.8 Å². The van der Waals surface area contributed by atoms with Crippen molar-refractivity contribution < 1.29 is 9.53 Å². The van der Waals surface area contributed by atoms with E-state index in [1.165, 1.54) is 12.7 Å². The van der Waals surface area contributed by atoms with Crippen molar-refractivity contribution in [3.8, 4) is 6.01 Å². The van der Waals surface area contributed by atoms with E-state index in [9.17, 15) is 4.79 Å². The van der Waals surface area contributed by atoms with E-state index in [2.05, 4.69) is 19.7 Å². The summed E-state index contributed by atoms with van der Waals surface area (Å²) in [7, 11) is 0. The van der Waals surface area contributed by atoms with Crippen LogP contribution in [0.5, 0.6) is 6.01 Å². The summed E-state index contributed by atoms with van der Waals surface area (Å²) in [6, 6.07) is -0.0364. The van der Waals surface area contributed by atoms with Crippen LogP contribution in [-0.2, 0) is 4.79 Å². The highest BCUT2D eigenvalue weighted by Crippen LogP contribution is 1.96. The molecule has 0 N–H and O–H groups in total. The fraction of sp³-hybridized carbons (Fsp3) is 0.200. The number of ether oxygens (including phenoxy) is 1. The maximum absolute atomic E-state index is 10.5. The van der Waals surface area contributed by atoms with Crippen molar-refractivity contribution in [1.29, 1.82) is 0 Å². The number of hydrogen-bond acceptors (Lipinski definition) is 5. The predicted octanol–water partition coefficient (Wildman–Crippen LogP) is 0.0158. The summed E-state index contributed by atoms with van der Waals surface area (Å²) < 4.78 is 4.53. The highest BCUT2D eigenvalue weighted by molar-refractivity contribution is 6.26. The van der Waals surface area contributed by atoms with E-state index in [-0.39, 0.29) is 11.9 Å². The molecule has 0 aromatic carbocycles. The van der Waals surface area contributed by atoms with Gasteiger partial charge in [-0.25, -0.2) is 4.98 Å². The minimum Gasteiger partial charge on any atom is -0.390 e. The standard InChI is InChI=1S/C5H4ClN3O2/c6-1-4(10)11-5-8-2-7-3-9-5/h2-3H,1H2. The molecule has 0 atom stereocenters. The van der Waals surface area contributed by atoms with Crippen LogP contribution in [0.2, 0.25) is 0 Å². The van der Waals surface area contributed by atoms with Gasteiger partial charge in [0.05, 0.1) is 0 Å². The Balaban J connectivity index is 2.58. The topological polar surface area (TPSA) is 65.0 Å². The SMILES string of the molecule is O=C(CCl)Oc1ncncn1. The normalized spacial score (nSPS) is 9.18. The highest BCUT2D eigenvalue weighted by Gasteiger charge is 2.02. The maximum Gasteiger partial charge on any atom is 0.328 e. The monoisotopic (exact) mass is 173 g/mol. The van der Waals surface area contributed by atoms with Crippen LogP contribution in [0.4, 0.5) is 0 Å². The van der Waals surface area contributed by atoms with Gasteiger partial charge in [-0.2, -0.15) is 9.97 Å². The number of hydrogen-bond donors (Lipinski definition) is 0. The Morgan fingerprint density at radius 3 is 2.73 bits per heavy atom. The Morgan fingerprint density at radius 2 is 2.18 bits per heavy atom. The van der Waals surface area contributed by atoms with Gasteiger partial charge in [0.25, 0.3) is 0 Å². The van der Waals surface area contributed by atoms with Crippen molar-refractivity contribution in [2.75, 3.05) is 5.88 Å². The lowest BCUT2D eigenvalue weighted by Gasteiger charge is -1.95. The molecule has 1 aromatic heterocycles. The molecular formula is C5H4ClN3O2. The number of alkyl halides is 1. The van der Waals surface area contributed by atoms with E-state index in [0.29, 0.717) is 0 Å². The second kappa shape index (κ2) is 3.82. The van der Waals surface area contributed by atoms with Gasteiger partial charge in [-0.1, -0.05) is 0 Å². The average molecular weight is 174 g/mol. The summed E-state index contributed by atoms with van der Waals surface area (Å²) in [5, 5.41) is 0. The molecule has 11 heavy (non-hydrogen) atoms. The van der Waals surface area contributed by atoms with Crippen LogP contribution >= 0.6 is 11.6 Å². The zero-order valence-electron chi connectivity index (χ0n) is 5.40. The summed E-state index contributed by atoms with van der Waals surface area (Å²) in [5.41, 5.74) is 0. The summed E-state index contributed by atoms with van der Waals surface area (Å²) >= 11 is 5.16. The summed E-state index contributed by atoms with van der Waals surface area (Å²) in [4.78, 5) is 21.1. The van der Waals surface area contributed by atoms with Gasteiger partial charge < -0.3 is 4.74 Å². The average Bonchev–Trinajstić information content (AvgIpc) is 2.06. The molecule has 1 aromatic rings. The summed E-state index contributed by atoms with van der Waals surface area (Å²) in [5.74, 6) is -0.802. The number of rotatable bonds is 2. The highest BCUT2D eigenvalue weighted by atomic mass is 35.5. The molecule has 0 aliphatic carbocycles. The van der Waals surface area contributed by atoms with Gasteiger partial charge in [-0.15, -0.1) is 11.6 Å². The minimum absolute atomic E-state index is 0.0364. The first-order valence-corrected chi connectivity index (χ1v) is 3.25. The molecule has 0 radical (unpaired) electrons. The third-order valence-electron chi connectivity index (χ3n) is 0.784. The summed E-state index contributed by atoms with van der Waals surface area (Å²) in [6.45, 7) is 0. The van der Waals surface area contributed by atoms with Crippen molar-refractivity contribution in [1.82, 2.24) is 15.0 Å². The molecule has 1 rings (SSSR count). The molecule has 0 unspecified atom stereocenters. The molecule has 6 heteroatoms. The van der Waals surface area contributed by atoms with Gasteiger partial charge in [-0.05, 0) is 0 Å². The van der Waals surface area contributed by atoms with E-state index in [1.54, 1.807) is 0 Å². The maximum atomic E-state index is 10.5. The Bertz CT molecular complexity index is 241. The first-order valence-electron chi connectivity index (χ1n) is 2.71. The smallest absolute Gasteiger partial charge is 0.328 e. The Hall–Kier alpha value is -1.23. The van der Waals surface area contributed by atoms with E-state index < -0.39 is 5.97 Å². The van der Waals surface area contributed by atoms with Gasteiger partial charge in [0.15, 0.2) is 0 Å². The third-order valence-corrected chi connectivity index (χ3v) is 1.00. The quantitative estimate of drug-likeness (QED) is 0.466. The van der Waals surface area contributed by atoms with Crippen LogP contribution in [0.15, 0.2) is 12.7 Å². The molecule has 0 saturated carbocycles. The number of aromatic nitrogens is 3. The lowest BCUT2D eigenvalue weighted by Crippen LogP contribution is -2.10. The van der Waals surface area contributed by atoms with E-state index >= 15 is 0 Å². The molecule has 0 spiro atoms. The second-order valence-electron chi connectivity index (χ2n) is 1.53. The van der Waals surface area contributed by atoms with Gasteiger partial charge >= 0.3 is 12.0 Å². The molecule has 0 saturated heterocycles. The molecule has 58 valence electrons. The van der Waals surface area contributed by atoms with Crippen LogP contribution < -0.4 is 4.74 Å². The number of nitrogens with zero attached hydrogens (tertiary/aromatic N) is 3. The molecule has 0 aliphatic heterocycles. The van der Waals surface area contributed by atoms with Crippen LogP contribution in [0.1, 0.15) is 0 Å². The molecular weight excluding hydrogens is 170 g/mol. The second-order valence-corrected chi connectivity index (χ2v) is 1.80. The van der Waals surface area contributed by atoms with Gasteiger partial charge in [0, 0.05) is 0 Å². The molecule has 0 aliphatic rings. The zero-order chi connectivity index (χ0) is 8.10. The van der Waals surface area contributed by atoms with Crippen LogP contribution in [0, 0.1) is 0 Å². The van der Waals surface area contributed by atoms with Crippen molar-refractivity contribution in [3.05, 3.63) is 12.7 Å². The van der Waals surface area contributed by atoms with E-state index in [0.717, 1.165) is 0 Å². The number of carbonyl (C=O) groups excluding carboxylic acids is 1. The molecule has 0 bridgehead atoms.